The maximum atomic E-state index is 14.9. The van der Waals surface area contributed by atoms with Crippen molar-refractivity contribution >= 4 is 17.8 Å². The van der Waals surface area contributed by atoms with E-state index in [0.717, 1.165) is 44.9 Å². The highest BCUT2D eigenvalue weighted by Crippen LogP contribution is 2.77. The van der Waals surface area contributed by atoms with Gasteiger partial charge in [-0.05, 0) is 136 Å². The van der Waals surface area contributed by atoms with Crippen molar-refractivity contribution in [3.8, 4) is 0 Å². The van der Waals surface area contributed by atoms with Crippen LogP contribution in [0.3, 0.4) is 0 Å². The number of morpholine rings is 1. The molecule has 0 aromatic carbocycles. The van der Waals surface area contributed by atoms with Gasteiger partial charge >= 0.3 is 11.9 Å². The first-order chi connectivity index (χ1) is 23.1. The zero-order chi connectivity index (χ0) is 36.8. The summed E-state index contributed by atoms with van der Waals surface area (Å²) in [6.07, 6.45) is 10.8. The standard InChI is InChI=1S/C43H69NO6/c1-26(2)29-14-19-43(37(48)44-24-27(3)49-28(4)25-44)21-20-41(10)30(36(29)43)12-13-32-40(9)17-16-33(39(7,8)31(40)15-18-42(32,41)11)50-35(47)23-38(5,6)22-34(45)46/h27-33,36H,1,12-25H2,2-11H3,(H,45,46)/t27?,28?,29-,30+,31?,32?,33-,36?,40-,41+,42+,43-/m0/s1. The number of hydrogen-bond acceptors (Lipinski definition) is 5. The smallest absolute Gasteiger partial charge is 0.306 e. The van der Waals surface area contributed by atoms with E-state index in [9.17, 15) is 19.5 Å². The molecule has 0 aromatic heterocycles. The lowest BCUT2D eigenvalue weighted by Gasteiger charge is -2.73. The summed E-state index contributed by atoms with van der Waals surface area (Å²) in [5, 5.41) is 9.34. The van der Waals surface area contributed by atoms with Crippen molar-refractivity contribution in [1.82, 2.24) is 4.90 Å². The number of hydrogen-bond donors (Lipinski definition) is 1. The number of carboxylic acid groups (broad SMARTS) is 1. The monoisotopic (exact) mass is 696 g/mol. The zero-order valence-electron chi connectivity index (χ0n) is 33.2. The summed E-state index contributed by atoms with van der Waals surface area (Å²) in [5.74, 6) is 1.52. The van der Waals surface area contributed by atoms with Crippen molar-refractivity contribution < 1.29 is 29.0 Å². The molecule has 1 aliphatic heterocycles. The minimum Gasteiger partial charge on any atom is -0.481 e. The number of aliphatic carboxylic acids is 1. The molecule has 5 saturated carbocycles. The second-order valence-corrected chi connectivity index (χ2v) is 20.6. The van der Waals surface area contributed by atoms with Gasteiger partial charge in [-0.3, -0.25) is 14.4 Å². The molecule has 1 saturated heterocycles. The van der Waals surface area contributed by atoms with Gasteiger partial charge in [0.1, 0.15) is 6.10 Å². The van der Waals surface area contributed by atoms with E-state index < -0.39 is 11.4 Å². The molecule has 50 heavy (non-hydrogen) atoms. The second-order valence-electron chi connectivity index (χ2n) is 20.6. The Morgan fingerprint density at radius 3 is 2.12 bits per heavy atom. The van der Waals surface area contributed by atoms with Gasteiger partial charge < -0.3 is 19.5 Å². The third kappa shape index (κ3) is 5.81. The van der Waals surface area contributed by atoms with Gasteiger partial charge in [-0.15, -0.1) is 0 Å². The minimum absolute atomic E-state index is 0.0498. The van der Waals surface area contributed by atoms with E-state index in [1.807, 2.05) is 13.8 Å². The summed E-state index contributed by atoms with van der Waals surface area (Å²) in [4.78, 5) is 41.7. The van der Waals surface area contributed by atoms with Crippen molar-refractivity contribution in [1.29, 1.82) is 0 Å². The van der Waals surface area contributed by atoms with Crippen LogP contribution >= 0.6 is 0 Å². The SMILES string of the molecule is C=C(C)[C@@H]1CC[C@]2(C(=O)N3CC(C)OC(C)C3)CC[C@]3(C)[C@H](CCC4[C@@]5(C)CC[C@H](OC(=O)CC(C)(C)CC(=O)O)C(C)(C)C5CC[C@]43C)C12. The second kappa shape index (κ2) is 12.6. The lowest BCUT2D eigenvalue weighted by atomic mass is 9.32. The Kier molecular flexibility index (Phi) is 9.55. The van der Waals surface area contributed by atoms with E-state index in [-0.39, 0.29) is 64.2 Å². The van der Waals surface area contributed by atoms with Crippen molar-refractivity contribution in [2.75, 3.05) is 13.1 Å². The third-order valence-electron chi connectivity index (χ3n) is 16.7. The average molecular weight is 696 g/mol. The van der Waals surface area contributed by atoms with Crippen LogP contribution in [0.5, 0.6) is 0 Å². The van der Waals surface area contributed by atoms with Crippen LogP contribution in [0.2, 0.25) is 0 Å². The minimum atomic E-state index is -0.884. The largest absolute Gasteiger partial charge is 0.481 e. The molecule has 0 bridgehead atoms. The molecular formula is C43H69NO6. The number of esters is 1. The molecule has 0 aromatic rings. The number of rotatable bonds is 7. The van der Waals surface area contributed by atoms with Gasteiger partial charge in [-0.1, -0.05) is 60.6 Å². The molecule has 5 unspecified atom stereocenters. The molecule has 0 spiro atoms. The fourth-order valence-electron chi connectivity index (χ4n) is 14.4. The summed E-state index contributed by atoms with van der Waals surface area (Å²) >= 11 is 0. The summed E-state index contributed by atoms with van der Waals surface area (Å²) in [5.41, 5.74) is 0.617. The van der Waals surface area contributed by atoms with Crippen molar-refractivity contribution in [2.45, 2.75) is 165 Å². The Bertz CT molecular complexity index is 1380. The molecule has 6 rings (SSSR count). The number of carboxylic acids is 1. The Labute approximate surface area is 303 Å². The predicted octanol–water partition coefficient (Wildman–Crippen LogP) is 9.08. The van der Waals surface area contributed by atoms with E-state index >= 15 is 0 Å². The summed E-state index contributed by atoms with van der Waals surface area (Å²) in [7, 11) is 0. The number of carbonyl (C=O) groups excluding carboxylic acids is 2. The van der Waals surface area contributed by atoms with Crippen LogP contribution in [-0.4, -0.2) is 59.3 Å². The van der Waals surface area contributed by atoms with Crippen molar-refractivity contribution in [3.63, 3.8) is 0 Å². The molecule has 12 atom stereocenters. The van der Waals surface area contributed by atoms with Crippen LogP contribution in [0, 0.1) is 62.1 Å². The number of fused-ring (bicyclic) bond motifs is 7. The maximum absolute atomic E-state index is 14.9. The van der Waals surface area contributed by atoms with Gasteiger partial charge in [0.15, 0.2) is 0 Å². The Hall–Kier alpha value is -1.89. The Morgan fingerprint density at radius 1 is 0.840 bits per heavy atom. The molecule has 6 fully saturated rings. The average Bonchev–Trinajstić information content (AvgIpc) is 3.38. The number of allylic oxidation sites excluding steroid dienone is 1. The fourth-order valence-corrected chi connectivity index (χ4v) is 14.4. The number of amides is 1. The molecule has 6 aliphatic rings. The maximum Gasteiger partial charge on any atom is 0.306 e. The van der Waals surface area contributed by atoms with E-state index in [0.29, 0.717) is 48.6 Å². The van der Waals surface area contributed by atoms with Crippen LogP contribution < -0.4 is 0 Å². The lowest BCUT2D eigenvalue weighted by molar-refractivity contribution is -0.250. The molecule has 282 valence electrons. The summed E-state index contributed by atoms with van der Waals surface area (Å²) < 4.78 is 12.3. The molecule has 5 aliphatic carbocycles. The number of carbonyl (C=O) groups is 3. The van der Waals surface area contributed by atoms with Crippen LogP contribution in [0.25, 0.3) is 0 Å². The van der Waals surface area contributed by atoms with Crippen molar-refractivity contribution in [2.24, 2.45) is 62.1 Å². The molecular weight excluding hydrogens is 626 g/mol. The van der Waals surface area contributed by atoms with Crippen LogP contribution in [0.15, 0.2) is 12.2 Å². The molecule has 7 heteroatoms. The summed E-state index contributed by atoms with van der Waals surface area (Å²) in [6.45, 7) is 28.5. The van der Waals surface area contributed by atoms with Gasteiger partial charge in [0.25, 0.3) is 0 Å². The molecule has 1 heterocycles. The number of ether oxygens (including phenoxy) is 2. The normalized spacial score (nSPS) is 45.4. The van der Waals surface area contributed by atoms with Gasteiger partial charge in [0, 0.05) is 18.5 Å². The first-order valence-corrected chi connectivity index (χ1v) is 20.1. The molecule has 1 amide bonds. The van der Waals surface area contributed by atoms with E-state index in [2.05, 4.69) is 66.9 Å². The highest BCUT2D eigenvalue weighted by molar-refractivity contribution is 5.84. The quantitative estimate of drug-likeness (QED) is 0.211. The van der Waals surface area contributed by atoms with Crippen LogP contribution in [0.4, 0.5) is 0 Å². The number of nitrogens with zero attached hydrogens (tertiary/aromatic N) is 1. The highest BCUT2D eigenvalue weighted by atomic mass is 16.5. The third-order valence-corrected chi connectivity index (χ3v) is 16.7. The van der Waals surface area contributed by atoms with E-state index in [1.165, 1.54) is 24.8 Å². The lowest BCUT2D eigenvalue weighted by Crippen LogP contribution is -2.68. The topological polar surface area (TPSA) is 93.1 Å². The first-order valence-electron chi connectivity index (χ1n) is 20.1. The first kappa shape index (κ1) is 37.9. The summed E-state index contributed by atoms with van der Waals surface area (Å²) in [6, 6.07) is 0. The van der Waals surface area contributed by atoms with Gasteiger partial charge in [-0.2, -0.15) is 0 Å². The Morgan fingerprint density at radius 2 is 1.50 bits per heavy atom. The van der Waals surface area contributed by atoms with Gasteiger partial charge in [0.05, 0.1) is 30.5 Å². The van der Waals surface area contributed by atoms with Gasteiger partial charge in [0.2, 0.25) is 5.91 Å². The van der Waals surface area contributed by atoms with Crippen molar-refractivity contribution in [3.05, 3.63) is 12.2 Å². The van der Waals surface area contributed by atoms with Gasteiger partial charge in [-0.25, -0.2) is 0 Å². The van der Waals surface area contributed by atoms with E-state index in [4.69, 9.17) is 9.47 Å². The molecule has 0 radical (unpaired) electrons. The predicted molar refractivity (Wildman–Crippen MR) is 196 cm³/mol. The molecule has 1 N–H and O–H groups in total. The Balaban J connectivity index is 1.26. The fraction of sp³-hybridized carbons (Fsp3) is 0.884. The molecule has 7 nitrogen and oxygen atoms in total. The van der Waals surface area contributed by atoms with Crippen LogP contribution in [0.1, 0.15) is 146 Å². The zero-order valence-corrected chi connectivity index (χ0v) is 33.2. The highest BCUT2D eigenvalue weighted by Gasteiger charge is 2.72. The van der Waals surface area contributed by atoms with E-state index in [1.54, 1.807) is 0 Å². The van der Waals surface area contributed by atoms with Crippen LogP contribution in [-0.2, 0) is 23.9 Å².